The molecule has 1 aliphatic heterocycles. The van der Waals surface area contributed by atoms with E-state index in [1.807, 2.05) is 42.5 Å². The van der Waals surface area contributed by atoms with Crippen LogP contribution < -0.4 is 10.1 Å². The Morgan fingerprint density at radius 3 is 2.72 bits per heavy atom. The first-order valence-corrected chi connectivity index (χ1v) is 11.5. The monoisotopic (exact) mass is 461 g/mol. The Hall–Kier alpha value is -1.86. The lowest BCUT2D eigenvalue weighted by Gasteiger charge is -2.13. The van der Waals surface area contributed by atoms with E-state index in [2.05, 4.69) is 22.2 Å². The van der Waals surface area contributed by atoms with Gasteiger partial charge in [0, 0.05) is 32.8 Å². The van der Waals surface area contributed by atoms with Gasteiger partial charge >= 0.3 is 0 Å². The van der Waals surface area contributed by atoms with Crippen molar-refractivity contribution in [2.24, 2.45) is 4.99 Å². The van der Waals surface area contributed by atoms with Crippen LogP contribution in [0.25, 0.3) is 0 Å². The molecule has 0 spiro atoms. The highest BCUT2D eigenvalue weighted by molar-refractivity contribution is 8.14. The molecule has 2 heterocycles. The normalized spacial score (nSPS) is 15.8. The molecule has 8 heteroatoms. The molecule has 2 aromatic carbocycles. The van der Waals surface area contributed by atoms with E-state index in [9.17, 15) is 0 Å². The molecule has 0 saturated carbocycles. The maximum atomic E-state index is 6.31. The Kier molecular flexibility index (Phi) is 6.55. The first-order chi connectivity index (χ1) is 14.1. The van der Waals surface area contributed by atoms with E-state index in [4.69, 9.17) is 27.9 Å². The number of rotatable bonds is 5. The lowest BCUT2D eigenvalue weighted by atomic mass is 10.3. The summed E-state index contributed by atoms with van der Waals surface area (Å²) >= 11 is 15.6. The van der Waals surface area contributed by atoms with Gasteiger partial charge in [-0.3, -0.25) is 4.99 Å². The Morgan fingerprint density at radius 2 is 1.97 bits per heavy atom. The van der Waals surface area contributed by atoms with Crippen molar-refractivity contribution in [3.63, 3.8) is 0 Å². The Labute approximate surface area is 188 Å². The van der Waals surface area contributed by atoms with Crippen molar-refractivity contribution >= 4 is 57.7 Å². The second kappa shape index (κ2) is 9.30. The number of benzene rings is 2. The second-order valence-corrected chi connectivity index (χ2v) is 9.30. The topological polar surface area (TPSA) is 46.5 Å². The highest BCUT2D eigenvalue weighted by Gasteiger charge is 2.17. The smallest absolute Gasteiger partial charge is 0.175 e. The minimum Gasteiger partial charge on any atom is -0.453 e. The molecular formula is C21H17Cl2N3OS2. The van der Waals surface area contributed by atoms with Crippen molar-refractivity contribution in [2.45, 2.75) is 22.8 Å². The molecule has 1 aliphatic rings. The van der Waals surface area contributed by atoms with E-state index >= 15 is 0 Å². The Bertz CT molecular complexity index is 1050. The van der Waals surface area contributed by atoms with Crippen LogP contribution in [0.4, 0.5) is 5.82 Å². The zero-order chi connectivity index (χ0) is 20.2. The number of pyridine rings is 1. The maximum Gasteiger partial charge on any atom is 0.175 e. The van der Waals surface area contributed by atoms with E-state index in [1.54, 1.807) is 30.1 Å². The molecule has 148 valence electrons. The molecule has 0 aliphatic carbocycles. The highest BCUT2D eigenvalue weighted by Crippen LogP contribution is 2.39. The van der Waals surface area contributed by atoms with Gasteiger partial charge in [-0.1, -0.05) is 64.9 Å². The fourth-order valence-electron chi connectivity index (χ4n) is 2.60. The number of hydrogen-bond acceptors (Lipinski definition) is 6. The molecule has 0 bridgehead atoms. The number of hydrogen-bond donors (Lipinski definition) is 1. The number of thioether (sulfide) groups is 1. The van der Waals surface area contributed by atoms with Gasteiger partial charge in [-0.05, 0) is 37.3 Å². The molecule has 1 aromatic heterocycles. The number of halogens is 2. The van der Waals surface area contributed by atoms with E-state index in [1.165, 1.54) is 11.8 Å². The van der Waals surface area contributed by atoms with E-state index in [0.717, 1.165) is 26.5 Å². The fourth-order valence-corrected chi connectivity index (χ4v) is 4.84. The summed E-state index contributed by atoms with van der Waals surface area (Å²) in [6.45, 7) is 2.09. The molecule has 1 unspecified atom stereocenters. The average Bonchev–Trinajstić information content (AvgIpc) is 3.12. The highest BCUT2D eigenvalue weighted by atomic mass is 35.5. The van der Waals surface area contributed by atoms with E-state index in [0.29, 0.717) is 27.7 Å². The van der Waals surface area contributed by atoms with Crippen LogP contribution in [-0.2, 0) is 0 Å². The van der Waals surface area contributed by atoms with Crippen LogP contribution in [0.5, 0.6) is 11.5 Å². The predicted molar refractivity (Wildman–Crippen MR) is 124 cm³/mol. The van der Waals surface area contributed by atoms with Gasteiger partial charge in [-0.15, -0.1) is 0 Å². The quantitative estimate of drug-likeness (QED) is 0.433. The Balaban J connectivity index is 1.64. The van der Waals surface area contributed by atoms with Crippen molar-refractivity contribution < 1.29 is 4.74 Å². The van der Waals surface area contributed by atoms with Crippen molar-refractivity contribution in [1.29, 1.82) is 0 Å². The van der Waals surface area contributed by atoms with Gasteiger partial charge in [0.25, 0.3) is 0 Å². The van der Waals surface area contributed by atoms with E-state index < -0.39 is 0 Å². The van der Waals surface area contributed by atoms with Crippen LogP contribution >= 0.6 is 46.7 Å². The number of aliphatic imine (C=N–C) groups is 1. The lowest BCUT2D eigenvalue weighted by molar-refractivity contribution is 0.481. The molecule has 0 saturated heterocycles. The summed E-state index contributed by atoms with van der Waals surface area (Å²) in [5.41, 5.74) is 0. The van der Waals surface area contributed by atoms with Crippen LogP contribution in [0.15, 0.2) is 75.6 Å². The summed E-state index contributed by atoms with van der Waals surface area (Å²) in [6.07, 6.45) is 1.78. The summed E-state index contributed by atoms with van der Waals surface area (Å²) < 4.78 is 6.12. The van der Waals surface area contributed by atoms with Crippen LogP contribution in [0.2, 0.25) is 10.0 Å². The second-order valence-electron chi connectivity index (χ2n) is 6.33. The van der Waals surface area contributed by atoms with Gasteiger partial charge in [0.2, 0.25) is 0 Å². The van der Waals surface area contributed by atoms with Crippen molar-refractivity contribution in [3.8, 4) is 11.5 Å². The summed E-state index contributed by atoms with van der Waals surface area (Å²) in [5.74, 6) is 2.92. The zero-order valence-electron chi connectivity index (χ0n) is 15.4. The van der Waals surface area contributed by atoms with Gasteiger partial charge in [-0.25, -0.2) is 4.98 Å². The number of amidine groups is 1. The summed E-state index contributed by atoms with van der Waals surface area (Å²) in [7, 11) is 0. The van der Waals surface area contributed by atoms with Gasteiger partial charge in [0.05, 0.1) is 11.1 Å². The van der Waals surface area contributed by atoms with Crippen molar-refractivity contribution in [2.75, 3.05) is 11.1 Å². The predicted octanol–water partition coefficient (Wildman–Crippen LogP) is 7.24. The Morgan fingerprint density at radius 1 is 1.14 bits per heavy atom. The third kappa shape index (κ3) is 5.39. The van der Waals surface area contributed by atoms with Gasteiger partial charge < -0.3 is 10.1 Å². The first kappa shape index (κ1) is 20.4. The molecule has 29 heavy (non-hydrogen) atoms. The molecule has 0 fully saturated rings. The van der Waals surface area contributed by atoms with Crippen molar-refractivity contribution in [3.05, 3.63) is 70.8 Å². The third-order valence-electron chi connectivity index (χ3n) is 3.94. The summed E-state index contributed by atoms with van der Waals surface area (Å²) in [4.78, 5) is 10.9. The lowest BCUT2D eigenvalue weighted by Crippen LogP contribution is -2.08. The van der Waals surface area contributed by atoms with E-state index in [-0.39, 0.29) is 0 Å². The number of ether oxygens (including phenoxy) is 1. The third-order valence-corrected chi connectivity index (χ3v) is 6.77. The molecule has 4 rings (SSSR count). The van der Waals surface area contributed by atoms with Crippen LogP contribution in [0, 0.1) is 0 Å². The standard InChI is InChI=1S/C21H17Cl2N3OS2/c1-13-12-28-21(25-13)26-20-18(27-15-5-3-2-4-6-15)10-16(11-24-20)29-19-9-14(22)7-8-17(19)23/h2-11,13H,12H2,1H3,(H,24,25,26). The molecular weight excluding hydrogens is 445 g/mol. The zero-order valence-corrected chi connectivity index (χ0v) is 18.6. The molecule has 3 aromatic rings. The van der Waals surface area contributed by atoms with Crippen LogP contribution in [0.3, 0.4) is 0 Å². The number of para-hydroxylation sites is 1. The molecule has 1 atom stereocenters. The average molecular weight is 462 g/mol. The molecule has 0 amide bonds. The first-order valence-electron chi connectivity index (χ1n) is 8.90. The van der Waals surface area contributed by atoms with Gasteiger partial charge in [0.1, 0.15) is 5.75 Å². The minimum absolute atomic E-state index is 0.292. The summed E-state index contributed by atoms with van der Waals surface area (Å²) in [6, 6.07) is 17.2. The fraction of sp³-hybridized carbons (Fsp3) is 0.143. The number of nitrogens with one attached hydrogen (secondary N) is 1. The largest absolute Gasteiger partial charge is 0.453 e. The number of nitrogens with zero attached hydrogens (tertiary/aromatic N) is 2. The van der Waals surface area contributed by atoms with Crippen LogP contribution in [0.1, 0.15) is 6.92 Å². The molecule has 4 nitrogen and oxygen atoms in total. The number of anilines is 1. The molecule has 0 radical (unpaired) electrons. The maximum absolute atomic E-state index is 6.31. The minimum atomic E-state index is 0.292. The van der Waals surface area contributed by atoms with Gasteiger partial charge in [0.15, 0.2) is 16.7 Å². The van der Waals surface area contributed by atoms with Crippen LogP contribution in [-0.4, -0.2) is 21.9 Å². The van der Waals surface area contributed by atoms with Gasteiger partial charge in [-0.2, -0.15) is 0 Å². The summed E-state index contributed by atoms with van der Waals surface area (Å²) in [5, 5.41) is 5.41. The SMILES string of the molecule is CC1CSC(Nc2ncc(Sc3cc(Cl)ccc3Cl)cc2Oc2ccccc2)=N1. The number of aromatic nitrogens is 1. The molecule has 1 N–H and O–H groups in total. The van der Waals surface area contributed by atoms with Crippen molar-refractivity contribution in [1.82, 2.24) is 4.98 Å².